The van der Waals surface area contributed by atoms with Crippen molar-refractivity contribution in [1.29, 1.82) is 0 Å². The maximum Gasteiger partial charge on any atom is 0.135 e. The molecule has 1 unspecified atom stereocenters. The second-order valence-corrected chi connectivity index (χ2v) is 4.74. The Hall–Kier alpha value is -0.370. The molecule has 0 bridgehead atoms. The van der Waals surface area contributed by atoms with Gasteiger partial charge in [0.1, 0.15) is 5.78 Å². The molecule has 0 aliphatic carbocycles. The average molecular weight is 197 g/mol. The number of Topliss-reactive ketones (excluding diaryl/α,β-unsaturated/α-hetero) is 1. The van der Waals surface area contributed by atoms with E-state index < -0.39 is 0 Å². The molecule has 82 valence electrons. The molecule has 1 aliphatic heterocycles. The topological polar surface area (TPSA) is 20.3 Å². The third-order valence-corrected chi connectivity index (χ3v) is 3.90. The Morgan fingerprint density at radius 1 is 1.43 bits per heavy atom. The van der Waals surface area contributed by atoms with Gasteiger partial charge in [0.25, 0.3) is 0 Å². The summed E-state index contributed by atoms with van der Waals surface area (Å²) in [5.74, 6) is 0.434. The Bertz CT molecular complexity index is 208. The van der Waals surface area contributed by atoms with E-state index in [1.165, 1.54) is 12.8 Å². The number of hydrogen-bond acceptors (Lipinski definition) is 2. The number of rotatable bonds is 3. The van der Waals surface area contributed by atoms with Crippen LogP contribution in [0.25, 0.3) is 0 Å². The fourth-order valence-corrected chi connectivity index (χ4v) is 2.47. The zero-order valence-electron chi connectivity index (χ0n) is 9.97. The zero-order valence-corrected chi connectivity index (χ0v) is 9.97. The predicted molar refractivity (Wildman–Crippen MR) is 59.4 cm³/mol. The molecule has 0 spiro atoms. The van der Waals surface area contributed by atoms with Crippen molar-refractivity contribution < 1.29 is 4.79 Å². The average Bonchev–Trinajstić information content (AvgIpc) is 2.17. The van der Waals surface area contributed by atoms with Gasteiger partial charge >= 0.3 is 0 Å². The molecular weight excluding hydrogens is 174 g/mol. The molecule has 1 atom stereocenters. The second-order valence-electron chi connectivity index (χ2n) is 4.74. The van der Waals surface area contributed by atoms with Gasteiger partial charge in [-0.15, -0.1) is 0 Å². The van der Waals surface area contributed by atoms with Gasteiger partial charge in [-0.1, -0.05) is 13.8 Å². The SMILES string of the molecule is CCC(C)(CC)N1CCC(=O)CC1C. The minimum atomic E-state index is 0.292. The van der Waals surface area contributed by atoms with E-state index in [4.69, 9.17) is 0 Å². The van der Waals surface area contributed by atoms with Gasteiger partial charge in [-0.25, -0.2) is 0 Å². The van der Waals surface area contributed by atoms with Gasteiger partial charge < -0.3 is 0 Å². The number of nitrogens with zero attached hydrogens (tertiary/aromatic N) is 1. The van der Waals surface area contributed by atoms with Crippen molar-refractivity contribution in [3.8, 4) is 0 Å². The maximum absolute atomic E-state index is 11.3. The smallest absolute Gasteiger partial charge is 0.135 e. The summed E-state index contributed by atoms with van der Waals surface area (Å²) in [6, 6.07) is 0.432. The normalized spacial score (nSPS) is 25.4. The third-order valence-electron chi connectivity index (χ3n) is 3.90. The van der Waals surface area contributed by atoms with Crippen LogP contribution in [0.1, 0.15) is 53.4 Å². The molecule has 0 saturated carbocycles. The lowest BCUT2D eigenvalue weighted by Gasteiger charge is -2.46. The highest BCUT2D eigenvalue weighted by Gasteiger charge is 2.35. The second kappa shape index (κ2) is 4.43. The van der Waals surface area contributed by atoms with Crippen molar-refractivity contribution in [2.45, 2.75) is 65.0 Å². The van der Waals surface area contributed by atoms with Crippen LogP contribution >= 0.6 is 0 Å². The fraction of sp³-hybridized carbons (Fsp3) is 0.917. The van der Waals surface area contributed by atoms with Gasteiger partial charge in [0.2, 0.25) is 0 Å². The first-order valence-electron chi connectivity index (χ1n) is 5.82. The molecule has 14 heavy (non-hydrogen) atoms. The standard InChI is InChI=1S/C12H23NO/c1-5-12(4,6-2)13-8-7-11(14)9-10(13)3/h10H,5-9H2,1-4H3. The number of carbonyl (C=O) groups excluding carboxylic acids is 1. The number of hydrogen-bond donors (Lipinski definition) is 0. The van der Waals surface area contributed by atoms with E-state index in [1.807, 2.05) is 0 Å². The van der Waals surface area contributed by atoms with Crippen LogP contribution in [-0.2, 0) is 4.79 Å². The summed E-state index contributed by atoms with van der Waals surface area (Å²) in [6.45, 7) is 9.94. The molecule has 2 heteroatoms. The number of ketones is 1. The lowest BCUT2D eigenvalue weighted by Crippen LogP contribution is -2.53. The van der Waals surface area contributed by atoms with Crippen molar-refractivity contribution in [3.05, 3.63) is 0 Å². The van der Waals surface area contributed by atoms with Crippen molar-refractivity contribution in [2.75, 3.05) is 6.54 Å². The van der Waals surface area contributed by atoms with Crippen molar-refractivity contribution in [3.63, 3.8) is 0 Å². The molecule has 0 radical (unpaired) electrons. The molecule has 2 nitrogen and oxygen atoms in total. The first-order chi connectivity index (χ1) is 6.53. The van der Waals surface area contributed by atoms with Gasteiger partial charge in [-0.2, -0.15) is 0 Å². The molecule has 0 aromatic rings. The minimum absolute atomic E-state index is 0.292. The van der Waals surface area contributed by atoms with E-state index in [0.717, 1.165) is 19.4 Å². The molecule has 1 aliphatic rings. The highest BCUT2D eigenvalue weighted by atomic mass is 16.1. The molecule has 0 N–H and O–H groups in total. The molecule has 0 aromatic heterocycles. The fourth-order valence-electron chi connectivity index (χ4n) is 2.47. The summed E-state index contributed by atoms with van der Waals surface area (Å²) < 4.78 is 0. The lowest BCUT2D eigenvalue weighted by molar-refractivity contribution is -0.125. The maximum atomic E-state index is 11.3. The number of carbonyl (C=O) groups is 1. The quantitative estimate of drug-likeness (QED) is 0.693. The van der Waals surface area contributed by atoms with E-state index in [9.17, 15) is 4.79 Å². The van der Waals surface area contributed by atoms with Gasteiger partial charge in [0, 0.05) is 31.0 Å². The van der Waals surface area contributed by atoms with Crippen molar-refractivity contribution >= 4 is 5.78 Å². The van der Waals surface area contributed by atoms with E-state index >= 15 is 0 Å². The van der Waals surface area contributed by atoms with Gasteiger partial charge in [-0.3, -0.25) is 9.69 Å². The van der Waals surface area contributed by atoms with Crippen LogP contribution in [-0.4, -0.2) is 28.8 Å². The summed E-state index contributed by atoms with van der Waals surface area (Å²) in [5, 5.41) is 0. The summed E-state index contributed by atoms with van der Waals surface area (Å²) in [5.41, 5.74) is 0.292. The summed E-state index contributed by atoms with van der Waals surface area (Å²) >= 11 is 0. The Kier molecular flexibility index (Phi) is 3.71. The van der Waals surface area contributed by atoms with E-state index in [-0.39, 0.29) is 0 Å². The Morgan fingerprint density at radius 2 is 2.00 bits per heavy atom. The van der Waals surface area contributed by atoms with Crippen LogP contribution < -0.4 is 0 Å². The van der Waals surface area contributed by atoms with Gasteiger partial charge in [0.05, 0.1) is 0 Å². The van der Waals surface area contributed by atoms with Crippen molar-refractivity contribution in [2.24, 2.45) is 0 Å². The third kappa shape index (κ3) is 2.17. The number of likely N-dealkylation sites (tertiary alicyclic amines) is 1. The minimum Gasteiger partial charge on any atom is -0.300 e. The lowest BCUT2D eigenvalue weighted by atomic mass is 9.88. The van der Waals surface area contributed by atoms with E-state index in [2.05, 4.69) is 32.6 Å². The summed E-state index contributed by atoms with van der Waals surface area (Å²) in [4.78, 5) is 13.8. The highest BCUT2D eigenvalue weighted by Crippen LogP contribution is 2.29. The predicted octanol–water partition coefficient (Wildman–Crippen LogP) is 2.62. The first kappa shape index (κ1) is 11.7. The summed E-state index contributed by atoms with van der Waals surface area (Å²) in [6.07, 6.45) is 3.83. The molecule has 0 amide bonds. The molecule has 1 saturated heterocycles. The van der Waals surface area contributed by atoms with Crippen LogP contribution in [0.15, 0.2) is 0 Å². The molecule has 0 aromatic carbocycles. The van der Waals surface area contributed by atoms with Crippen LogP contribution in [0.3, 0.4) is 0 Å². The molecular formula is C12H23NO. The highest BCUT2D eigenvalue weighted by molar-refractivity contribution is 5.79. The molecule has 1 heterocycles. The van der Waals surface area contributed by atoms with Crippen LogP contribution in [0, 0.1) is 0 Å². The van der Waals surface area contributed by atoms with Crippen molar-refractivity contribution in [1.82, 2.24) is 4.90 Å². The largest absolute Gasteiger partial charge is 0.300 e. The van der Waals surface area contributed by atoms with E-state index in [1.54, 1.807) is 0 Å². The van der Waals surface area contributed by atoms with Crippen LogP contribution in [0.5, 0.6) is 0 Å². The summed E-state index contributed by atoms with van der Waals surface area (Å²) in [7, 11) is 0. The molecule has 1 fully saturated rings. The Balaban J connectivity index is 2.71. The zero-order chi connectivity index (χ0) is 10.8. The first-order valence-corrected chi connectivity index (χ1v) is 5.82. The van der Waals surface area contributed by atoms with Gasteiger partial charge in [-0.05, 0) is 26.7 Å². The Morgan fingerprint density at radius 3 is 2.43 bits per heavy atom. The van der Waals surface area contributed by atoms with E-state index in [0.29, 0.717) is 17.4 Å². The monoisotopic (exact) mass is 197 g/mol. The van der Waals surface area contributed by atoms with Crippen LogP contribution in [0.2, 0.25) is 0 Å². The number of piperidine rings is 1. The Labute approximate surface area is 87.7 Å². The van der Waals surface area contributed by atoms with Crippen LogP contribution in [0.4, 0.5) is 0 Å². The molecule has 1 rings (SSSR count). The van der Waals surface area contributed by atoms with Gasteiger partial charge in [0.15, 0.2) is 0 Å².